The normalized spacial score (nSPS) is 14.2. The molecule has 6 heteroatoms. The Morgan fingerprint density at radius 2 is 2.12 bits per heavy atom. The minimum Gasteiger partial charge on any atom is -0.352 e. The van der Waals surface area contributed by atoms with E-state index < -0.39 is 0 Å². The summed E-state index contributed by atoms with van der Waals surface area (Å²) in [5.41, 5.74) is 2.51. The van der Waals surface area contributed by atoms with E-state index in [9.17, 15) is 4.79 Å². The summed E-state index contributed by atoms with van der Waals surface area (Å²) in [7, 11) is 0. The quantitative estimate of drug-likeness (QED) is 0.593. The van der Waals surface area contributed by atoms with Crippen LogP contribution in [0.5, 0.6) is 0 Å². The van der Waals surface area contributed by atoms with E-state index in [4.69, 9.17) is 11.6 Å². The van der Waals surface area contributed by atoms with Gasteiger partial charge in [-0.25, -0.2) is 4.98 Å². The fraction of sp³-hybridized carbons (Fsp3) is 0.400. The van der Waals surface area contributed by atoms with E-state index in [1.165, 1.54) is 19.3 Å². The summed E-state index contributed by atoms with van der Waals surface area (Å²) >= 11 is 9.49. The third-order valence-electron chi connectivity index (χ3n) is 4.77. The molecule has 1 aliphatic rings. The van der Waals surface area contributed by atoms with Crippen LogP contribution in [0, 0.1) is 5.92 Å². The van der Waals surface area contributed by atoms with E-state index in [0.717, 1.165) is 22.3 Å². The van der Waals surface area contributed by atoms with Crippen molar-refractivity contribution >= 4 is 44.9 Å². The van der Waals surface area contributed by atoms with Crippen LogP contribution >= 0.6 is 27.5 Å². The maximum atomic E-state index is 12.6. The Bertz CT molecular complexity index is 806. The zero-order valence-corrected chi connectivity index (χ0v) is 17.3. The van der Waals surface area contributed by atoms with E-state index in [0.29, 0.717) is 22.3 Å². The first-order valence-corrected chi connectivity index (χ1v) is 10.1. The maximum absolute atomic E-state index is 12.6. The number of rotatable bonds is 6. The zero-order chi connectivity index (χ0) is 18.7. The molecule has 4 nitrogen and oxygen atoms in total. The molecule has 0 aliphatic heterocycles. The van der Waals surface area contributed by atoms with Crippen molar-refractivity contribution < 1.29 is 4.79 Å². The highest BCUT2D eigenvalue weighted by Gasteiger charge is 2.20. The summed E-state index contributed by atoms with van der Waals surface area (Å²) < 4.78 is 0.861. The van der Waals surface area contributed by atoms with Crippen molar-refractivity contribution in [1.29, 1.82) is 0 Å². The second-order valence-corrected chi connectivity index (χ2v) is 8.36. The smallest absolute Gasteiger partial charge is 0.253 e. The molecule has 1 fully saturated rings. The van der Waals surface area contributed by atoms with Gasteiger partial charge in [0, 0.05) is 22.2 Å². The summed E-state index contributed by atoms with van der Waals surface area (Å²) in [6.45, 7) is 4.92. The SMILES string of the molecule is CC(C)c1cc(Nc2ccc(Cl)cc2Br)ncc1C(=O)NCC1CCC1. The summed E-state index contributed by atoms with van der Waals surface area (Å²) in [5, 5.41) is 7.00. The molecule has 1 aromatic carbocycles. The van der Waals surface area contributed by atoms with Gasteiger partial charge in [0.2, 0.25) is 0 Å². The topological polar surface area (TPSA) is 54.0 Å². The highest BCUT2D eigenvalue weighted by Crippen LogP contribution is 2.30. The fourth-order valence-electron chi connectivity index (χ4n) is 2.96. The molecule has 0 spiro atoms. The number of hydrogen-bond acceptors (Lipinski definition) is 3. The van der Waals surface area contributed by atoms with Crippen LogP contribution < -0.4 is 10.6 Å². The van der Waals surface area contributed by atoms with Crippen LogP contribution in [0.25, 0.3) is 0 Å². The molecule has 1 heterocycles. The lowest BCUT2D eigenvalue weighted by atomic mass is 9.85. The molecule has 3 rings (SSSR count). The molecule has 1 aromatic heterocycles. The Labute approximate surface area is 167 Å². The molecule has 1 saturated carbocycles. The standard InChI is InChI=1S/C20H23BrClN3O/c1-12(2)15-9-19(25-18-7-6-14(22)8-17(18)21)23-11-16(15)20(26)24-10-13-4-3-5-13/h6-9,11-13H,3-5,10H2,1-2H3,(H,23,25)(H,24,26). The van der Waals surface area contributed by atoms with Crippen molar-refractivity contribution in [3.8, 4) is 0 Å². The van der Waals surface area contributed by atoms with Gasteiger partial charge in [0.05, 0.1) is 11.3 Å². The minimum atomic E-state index is -0.0349. The van der Waals surface area contributed by atoms with Crippen molar-refractivity contribution in [1.82, 2.24) is 10.3 Å². The number of anilines is 2. The molecular weight excluding hydrogens is 414 g/mol. The maximum Gasteiger partial charge on any atom is 0.253 e. The van der Waals surface area contributed by atoms with Crippen molar-refractivity contribution in [2.45, 2.75) is 39.0 Å². The Kier molecular flexibility index (Phi) is 6.20. The predicted molar refractivity (Wildman–Crippen MR) is 110 cm³/mol. The third-order valence-corrected chi connectivity index (χ3v) is 5.66. The highest BCUT2D eigenvalue weighted by molar-refractivity contribution is 9.10. The van der Waals surface area contributed by atoms with Crippen LogP contribution in [0.4, 0.5) is 11.5 Å². The first-order chi connectivity index (χ1) is 12.4. The molecule has 1 aliphatic carbocycles. The molecule has 26 heavy (non-hydrogen) atoms. The van der Waals surface area contributed by atoms with Gasteiger partial charge in [-0.2, -0.15) is 0 Å². The Morgan fingerprint density at radius 1 is 1.35 bits per heavy atom. The molecular formula is C20H23BrClN3O. The fourth-order valence-corrected chi connectivity index (χ4v) is 3.75. The average Bonchev–Trinajstić information content (AvgIpc) is 2.55. The van der Waals surface area contributed by atoms with Crippen LogP contribution in [-0.2, 0) is 0 Å². The van der Waals surface area contributed by atoms with E-state index in [1.807, 2.05) is 24.3 Å². The van der Waals surface area contributed by atoms with Crippen molar-refractivity contribution in [2.24, 2.45) is 5.92 Å². The van der Waals surface area contributed by atoms with Gasteiger partial charge in [-0.3, -0.25) is 4.79 Å². The minimum absolute atomic E-state index is 0.0349. The molecule has 0 unspecified atom stereocenters. The molecule has 0 saturated heterocycles. The van der Waals surface area contributed by atoms with Gasteiger partial charge in [0.1, 0.15) is 5.82 Å². The number of pyridine rings is 1. The summed E-state index contributed by atoms with van der Waals surface area (Å²) in [5.74, 6) is 1.52. The van der Waals surface area contributed by atoms with E-state index >= 15 is 0 Å². The molecule has 0 bridgehead atoms. The highest BCUT2D eigenvalue weighted by atomic mass is 79.9. The van der Waals surface area contributed by atoms with Gasteiger partial charge in [-0.1, -0.05) is 31.9 Å². The third kappa shape index (κ3) is 4.57. The van der Waals surface area contributed by atoms with E-state index in [2.05, 4.69) is 45.4 Å². The monoisotopic (exact) mass is 435 g/mol. The largest absolute Gasteiger partial charge is 0.352 e. The lowest BCUT2D eigenvalue weighted by molar-refractivity contribution is 0.0937. The number of hydrogen-bond donors (Lipinski definition) is 2. The van der Waals surface area contributed by atoms with Gasteiger partial charge >= 0.3 is 0 Å². The number of aromatic nitrogens is 1. The second kappa shape index (κ2) is 8.40. The van der Waals surface area contributed by atoms with Crippen molar-refractivity contribution in [3.63, 3.8) is 0 Å². The van der Waals surface area contributed by atoms with Crippen LogP contribution in [0.3, 0.4) is 0 Å². The summed E-state index contributed by atoms with van der Waals surface area (Å²) in [6.07, 6.45) is 5.38. The zero-order valence-electron chi connectivity index (χ0n) is 15.0. The molecule has 138 valence electrons. The molecule has 0 atom stereocenters. The van der Waals surface area contributed by atoms with Gasteiger partial charge in [0.25, 0.3) is 5.91 Å². The molecule has 2 aromatic rings. The number of nitrogens with zero attached hydrogens (tertiary/aromatic N) is 1. The van der Waals surface area contributed by atoms with Gasteiger partial charge in [-0.15, -0.1) is 0 Å². The number of carbonyl (C=O) groups is 1. The lowest BCUT2D eigenvalue weighted by Crippen LogP contribution is -2.32. The number of benzene rings is 1. The summed E-state index contributed by atoms with van der Waals surface area (Å²) in [6, 6.07) is 7.49. The average molecular weight is 437 g/mol. The van der Waals surface area contributed by atoms with Crippen LogP contribution in [0.2, 0.25) is 5.02 Å². The Morgan fingerprint density at radius 3 is 2.73 bits per heavy atom. The van der Waals surface area contributed by atoms with Crippen molar-refractivity contribution in [3.05, 3.63) is 51.1 Å². The van der Waals surface area contributed by atoms with Gasteiger partial charge in [-0.05, 0) is 70.4 Å². The first kappa shape index (κ1) is 19.2. The second-order valence-electron chi connectivity index (χ2n) is 7.07. The Balaban J connectivity index is 1.78. The molecule has 0 radical (unpaired) electrons. The lowest BCUT2D eigenvalue weighted by Gasteiger charge is -2.25. The molecule has 1 amide bonds. The number of halogens is 2. The van der Waals surface area contributed by atoms with Crippen LogP contribution in [0.15, 0.2) is 34.9 Å². The number of amides is 1. The number of nitrogens with one attached hydrogen (secondary N) is 2. The Hall–Kier alpha value is -1.59. The van der Waals surface area contributed by atoms with Crippen molar-refractivity contribution in [2.75, 3.05) is 11.9 Å². The van der Waals surface area contributed by atoms with Gasteiger partial charge in [0.15, 0.2) is 0 Å². The first-order valence-electron chi connectivity index (χ1n) is 8.94. The van der Waals surface area contributed by atoms with E-state index in [-0.39, 0.29) is 11.8 Å². The van der Waals surface area contributed by atoms with Crippen LogP contribution in [-0.4, -0.2) is 17.4 Å². The van der Waals surface area contributed by atoms with Gasteiger partial charge < -0.3 is 10.6 Å². The molecule has 2 N–H and O–H groups in total. The summed E-state index contributed by atoms with van der Waals surface area (Å²) in [4.78, 5) is 17.0. The predicted octanol–water partition coefficient (Wildman–Crippen LogP) is 5.89. The van der Waals surface area contributed by atoms with Crippen LogP contribution in [0.1, 0.15) is 54.9 Å². The van der Waals surface area contributed by atoms with E-state index in [1.54, 1.807) is 6.20 Å². The number of carbonyl (C=O) groups excluding carboxylic acids is 1.